The van der Waals surface area contributed by atoms with E-state index in [4.69, 9.17) is 5.73 Å². The average Bonchev–Trinajstić information content (AvgIpc) is 3.47. The highest BCUT2D eigenvalue weighted by atomic mass is 16.2. The Kier molecular flexibility index (Phi) is 11.2. The molecule has 6 N–H and O–H groups in total. The van der Waals surface area contributed by atoms with Gasteiger partial charge in [-0.15, -0.1) is 0 Å². The van der Waals surface area contributed by atoms with Gasteiger partial charge < -0.3 is 26.6 Å². The molecular weight excluding hydrogens is 741 g/mol. The van der Waals surface area contributed by atoms with E-state index < -0.39 is 35.6 Å². The van der Waals surface area contributed by atoms with Crippen LogP contribution >= 0.6 is 0 Å². The number of likely N-dealkylation sites (N-methyl/N-ethyl adjacent to an activating group) is 1. The fraction of sp³-hybridized carbons (Fsp3) is 0.209. The van der Waals surface area contributed by atoms with E-state index in [9.17, 15) is 33.6 Å². The number of nitrogens with zero attached hydrogens (tertiary/aromatic N) is 3. The molecular formula is C43H40N8O7. The Morgan fingerprint density at radius 2 is 1.59 bits per heavy atom. The second-order valence-corrected chi connectivity index (χ2v) is 14.0. The molecule has 0 aliphatic carbocycles. The Bertz CT molecular complexity index is 2470. The molecule has 0 saturated carbocycles. The normalized spacial score (nSPS) is 14.8. The third-order valence-electron chi connectivity index (χ3n) is 10.1. The van der Waals surface area contributed by atoms with Crippen molar-refractivity contribution in [2.75, 3.05) is 36.9 Å². The summed E-state index contributed by atoms with van der Waals surface area (Å²) in [5, 5.41) is 12.0. The monoisotopic (exact) mass is 780 g/mol. The predicted octanol–water partition coefficient (Wildman–Crippen LogP) is 3.91. The lowest BCUT2D eigenvalue weighted by atomic mass is 9.99. The number of para-hydroxylation sites is 1. The Morgan fingerprint density at radius 3 is 2.31 bits per heavy atom. The van der Waals surface area contributed by atoms with Crippen LogP contribution in [0.3, 0.4) is 0 Å². The molecule has 294 valence electrons. The zero-order valence-corrected chi connectivity index (χ0v) is 31.5. The van der Waals surface area contributed by atoms with Crippen molar-refractivity contribution < 1.29 is 33.6 Å². The van der Waals surface area contributed by atoms with Crippen LogP contribution in [0.4, 0.5) is 17.1 Å². The van der Waals surface area contributed by atoms with Crippen molar-refractivity contribution in [3.05, 3.63) is 119 Å². The van der Waals surface area contributed by atoms with Crippen LogP contribution in [-0.4, -0.2) is 84.0 Å². The highest BCUT2D eigenvalue weighted by Crippen LogP contribution is 2.35. The lowest BCUT2D eigenvalue weighted by Gasteiger charge is -2.28. The van der Waals surface area contributed by atoms with Crippen LogP contribution < -0.4 is 31.9 Å². The average molecular weight is 781 g/mol. The van der Waals surface area contributed by atoms with Crippen LogP contribution in [0, 0.1) is 0 Å². The quantitative estimate of drug-likeness (QED) is 0.0810. The van der Waals surface area contributed by atoms with Gasteiger partial charge >= 0.3 is 0 Å². The highest BCUT2D eigenvalue weighted by Gasteiger charge is 2.46. The van der Waals surface area contributed by atoms with Crippen molar-refractivity contribution in [3.8, 4) is 11.1 Å². The van der Waals surface area contributed by atoms with Crippen molar-refractivity contribution in [1.82, 2.24) is 25.8 Å². The Hall–Kier alpha value is -7.42. The molecule has 1 saturated heterocycles. The standard InChI is InChI=1S/C43H40N8O7/c1-50(33-11-7-10-29-37(33)43(58)51(42(29)57)34-18-19-35(52)49-41(34)56)24-36(53)45-20-5-6-21-46-40(55)26-14-12-25(13-15-26)27-16-17-32-30(22-27)38(31(23-47-32)39(44)54)48-28-8-3-2-4-9-28/h2-4,7-17,22-23,34H,5-6,18-21,24H2,1H3,(H2,44,54)(H,45,53)(H,46,55)(H,47,48)(H,49,52,56). The van der Waals surface area contributed by atoms with Gasteiger partial charge in [-0.05, 0) is 78.9 Å². The maximum atomic E-state index is 13.4. The molecule has 1 atom stereocenters. The maximum Gasteiger partial charge on any atom is 0.264 e. The minimum Gasteiger partial charge on any atom is -0.365 e. The van der Waals surface area contributed by atoms with Crippen LogP contribution in [0.15, 0.2) is 97.2 Å². The third-order valence-corrected chi connectivity index (χ3v) is 10.1. The lowest BCUT2D eigenvalue weighted by Crippen LogP contribution is -2.54. The number of unbranched alkanes of at least 4 members (excludes halogenated alkanes) is 1. The summed E-state index contributed by atoms with van der Waals surface area (Å²) in [6, 6.07) is 26.0. The van der Waals surface area contributed by atoms with Gasteiger partial charge in [0.25, 0.3) is 23.6 Å². The number of anilines is 3. The number of pyridine rings is 1. The van der Waals surface area contributed by atoms with Gasteiger partial charge in [0, 0.05) is 49.4 Å². The second kappa shape index (κ2) is 16.8. The van der Waals surface area contributed by atoms with E-state index in [0.29, 0.717) is 48.4 Å². The first kappa shape index (κ1) is 38.8. The van der Waals surface area contributed by atoms with E-state index >= 15 is 0 Å². The summed E-state index contributed by atoms with van der Waals surface area (Å²) in [7, 11) is 1.63. The van der Waals surface area contributed by atoms with Crippen molar-refractivity contribution in [2.45, 2.75) is 31.7 Å². The van der Waals surface area contributed by atoms with Crippen LogP contribution in [0.1, 0.15) is 67.1 Å². The van der Waals surface area contributed by atoms with Gasteiger partial charge in [-0.2, -0.15) is 0 Å². The molecule has 7 rings (SSSR count). The SMILES string of the molecule is CN(CC(=O)NCCCCNC(=O)c1ccc(-c2ccc3ncc(C(N)=O)c(Nc4ccccc4)c3c2)cc1)c1cccc2c1C(=O)N(C1CCC(=O)NC1=O)C2=O. The zero-order chi connectivity index (χ0) is 40.9. The number of carbonyl (C=O) groups excluding carboxylic acids is 7. The largest absolute Gasteiger partial charge is 0.365 e. The first-order valence-corrected chi connectivity index (χ1v) is 18.8. The summed E-state index contributed by atoms with van der Waals surface area (Å²) >= 11 is 0. The number of hydrogen-bond donors (Lipinski definition) is 5. The van der Waals surface area contributed by atoms with Gasteiger partial charge in [0.2, 0.25) is 17.7 Å². The number of piperidine rings is 1. The predicted molar refractivity (Wildman–Crippen MR) is 216 cm³/mol. The first-order valence-electron chi connectivity index (χ1n) is 18.8. The summed E-state index contributed by atoms with van der Waals surface area (Å²) < 4.78 is 0. The number of fused-ring (bicyclic) bond motifs is 2. The lowest BCUT2D eigenvalue weighted by molar-refractivity contribution is -0.136. The molecule has 2 aliphatic heterocycles. The molecule has 5 aromatic rings. The Balaban J connectivity index is 0.885. The smallest absolute Gasteiger partial charge is 0.264 e. The number of imide groups is 2. The van der Waals surface area contributed by atoms with Crippen molar-refractivity contribution in [3.63, 3.8) is 0 Å². The third kappa shape index (κ3) is 8.09. The number of nitrogens with two attached hydrogens (primary N) is 1. The maximum absolute atomic E-state index is 13.4. The fourth-order valence-corrected chi connectivity index (χ4v) is 7.13. The minimum atomic E-state index is -1.09. The van der Waals surface area contributed by atoms with Crippen LogP contribution in [-0.2, 0) is 14.4 Å². The van der Waals surface area contributed by atoms with Crippen molar-refractivity contribution in [1.29, 1.82) is 0 Å². The van der Waals surface area contributed by atoms with Gasteiger partial charge in [0.1, 0.15) is 6.04 Å². The van der Waals surface area contributed by atoms with Crippen molar-refractivity contribution >= 4 is 69.3 Å². The second-order valence-electron chi connectivity index (χ2n) is 14.0. The molecule has 0 spiro atoms. The van der Waals surface area contributed by atoms with E-state index in [-0.39, 0.29) is 47.9 Å². The summed E-state index contributed by atoms with van der Waals surface area (Å²) in [6.07, 6.45) is 2.73. The van der Waals surface area contributed by atoms with Gasteiger partial charge in [0.05, 0.1) is 40.1 Å². The summed E-state index contributed by atoms with van der Waals surface area (Å²) in [4.78, 5) is 95.6. The fourth-order valence-electron chi connectivity index (χ4n) is 7.13. The first-order chi connectivity index (χ1) is 28.0. The molecule has 0 bridgehead atoms. The van der Waals surface area contributed by atoms with Gasteiger partial charge in [0.15, 0.2) is 0 Å². The van der Waals surface area contributed by atoms with Crippen LogP contribution in [0.25, 0.3) is 22.0 Å². The number of primary amides is 1. The van der Waals surface area contributed by atoms with E-state index in [0.717, 1.165) is 27.1 Å². The van der Waals surface area contributed by atoms with Gasteiger partial charge in [-0.25, -0.2) is 0 Å². The molecule has 1 unspecified atom stereocenters. The molecule has 3 heterocycles. The van der Waals surface area contributed by atoms with Gasteiger partial charge in [-0.1, -0.05) is 42.5 Å². The number of carbonyl (C=O) groups is 7. The molecule has 58 heavy (non-hydrogen) atoms. The van der Waals surface area contributed by atoms with E-state index in [1.165, 1.54) is 12.3 Å². The van der Waals surface area contributed by atoms with Crippen LogP contribution in [0.5, 0.6) is 0 Å². The number of hydrogen-bond acceptors (Lipinski definition) is 10. The molecule has 7 amide bonds. The van der Waals surface area contributed by atoms with E-state index in [1.54, 1.807) is 36.2 Å². The number of benzene rings is 4. The number of amides is 7. The zero-order valence-electron chi connectivity index (χ0n) is 31.5. The molecule has 2 aliphatic rings. The van der Waals surface area contributed by atoms with Crippen molar-refractivity contribution in [2.24, 2.45) is 5.73 Å². The van der Waals surface area contributed by atoms with Gasteiger partial charge in [-0.3, -0.25) is 48.8 Å². The molecule has 15 nitrogen and oxygen atoms in total. The molecule has 1 fully saturated rings. The highest BCUT2D eigenvalue weighted by molar-refractivity contribution is 6.25. The summed E-state index contributed by atoms with van der Waals surface area (Å²) in [5.41, 5.74) is 10.8. The number of nitrogens with one attached hydrogen (secondary N) is 4. The topological polar surface area (TPSA) is 213 Å². The molecule has 4 aromatic carbocycles. The number of rotatable bonds is 14. The van der Waals surface area contributed by atoms with E-state index in [2.05, 4.69) is 26.3 Å². The molecule has 0 radical (unpaired) electrons. The Labute approximate surface area is 333 Å². The Morgan fingerprint density at radius 1 is 0.862 bits per heavy atom. The number of aromatic nitrogens is 1. The van der Waals surface area contributed by atoms with E-state index in [1.807, 2.05) is 60.7 Å². The van der Waals surface area contributed by atoms with Crippen LogP contribution in [0.2, 0.25) is 0 Å². The minimum absolute atomic E-state index is 0.0164. The summed E-state index contributed by atoms with van der Waals surface area (Å²) in [5.74, 6) is -3.55. The summed E-state index contributed by atoms with van der Waals surface area (Å²) in [6.45, 7) is 0.651. The molecule has 1 aromatic heterocycles. The molecule has 15 heteroatoms.